The van der Waals surface area contributed by atoms with E-state index in [1.54, 1.807) is 67.8 Å². The smallest absolute Gasteiger partial charge is 0.339 e. The molecule has 1 N–H and O–H groups in total. The van der Waals surface area contributed by atoms with Gasteiger partial charge in [-0.2, -0.15) is 0 Å². The number of benzene rings is 3. The van der Waals surface area contributed by atoms with Gasteiger partial charge in [0.2, 0.25) is 6.10 Å². The fourth-order valence-electron chi connectivity index (χ4n) is 2.78. The summed E-state index contributed by atoms with van der Waals surface area (Å²) in [6.45, 7) is 1.82. The molecule has 0 saturated heterocycles. The average Bonchev–Trinajstić information content (AvgIpc) is 2.73. The maximum absolute atomic E-state index is 12.9. The second kappa shape index (κ2) is 8.86. The van der Waals surface area contributed by atoms with Crippen LogP contribution in [0.15, 0.2) is 78.9 Å². The molecule has 28 heavy (non-hydrogen) atoms. The molecule has 1 amide bonds. The molecule has 142 valence electrons. The number of methoxy groups -OCH3 is 1. The molecule has 0 aliphatic heterocycles. The lowest BCUT2D eigenvalue weighted by Crippen LogP contribution is -2.26. The zero-order valence-electron chi connectivity index (χ0n) is 15.7. The summed E-state index contributed by atoms with van der Waals surface area (Å²) in [6, 6.07) is 23.0. The van der Waals surface area contributed by atoms with Gasteiger partial charge in [-0.3, -0.25) is 4.79 Å². The van der Waals surface area contributed by atoms with Crippen molar-refractivity contribution in [1.82, 2.24) is 0 Å². The highest BCUT2D eigenvalue weighted by Crippen LogP contribution is 2.24. The predicted octanol–water partition coefficient (Wildman–Crippen LogP) is 4.54. The lowest BCUT2D eigenvalue weighted by Gasteiger charge is -2.19. The van der Waals surface area contributed by atoms with Gasteiger partial charge in [-0.15, -0.1) is 0 Å². The van der Waals surface area contributed by atoms with Crippen LogP contribution in [-0.2, 0) is 9.53 Å². The molecule has 5 heteroatoms. The molecule has 0 aromatic heterocycles. The van der Waals surface area contributed by atoms with Crippen molar-refractivity contribution in [3.05, 3.63) is 95.6 Å². The third kappa shape index (κ3) is 4.57. The summed E-state index contributed by atoms with van der Waals surface area (Å²) >= 11 is 0. The zero-order chi connectivity index (χ0) is 19.9. The van der Waals surface area contributed by atoms with E-state index in [4.69, 9.17) is 9.47 Å². The largest absolute Gasteiger partial charge is 0.497 e. The number of hydrogen-bond donors (Lipinski definition) is 1. The minimum absolute atomic E-state index is 0.428. The van der Waals surface area contributed by atoms with Gasteiger partial charge >= 0.3 is 5.97 Å². The molecule has 5 nitrogen and oxygen atoms in total. The van der Waals surface area contributed by atoms with E-state index in [-0.39, 0.29) is 0 Å². The summed E-state index contributed by atoms with van der Waals surface area (Å²) in [5, 5.41) is 2.79. The van der Waals surface area contributed by atoms with Crippen molar-refractivity contribution < 1.29 is 19.1 Å². The molecule has 1 atom stereocenters. The first kappa shape index (κ1) is 19.2. The quantitative estimate of drug-likeness (QED) is 0.643. The number of rotatable bonds is 6. The lowest BCUT2D eigenvalue weighted by atomic mass is 10.1. The fraction of sp³-hybridized carbons (Fsp3) is 0.130. The molecule has 0 aliphatic rings. The molecule has 0 aliphatic carbocycles. The van der Waals surface area contributed by atoms with Gasteiger partial charge in [-0.05, 0) is 30.7 Å². The zero-order valence-corrected chi connectivity index (χ0v) is 15.7. The van der Waals surface area contributed by atoms with Crippen LogP contribution in [0, 0.1) is 6.92 Å². The van der Waals surface area contributed by atoms with Crippen molar-refractivity contribution in [2.75, 3.05) is 12.4 Å². The van der Waals surface area contributed by atoms with Crippen LogP contribution in [0.3, 0.4) is 0 Å². The number of aryl methyl sites for hydroxylation is 1. The summed E-state index contributed by atoms with van der Waals surface area (Å²) in [7, 11) is 1.55. The van der Waals surface area contributed by atoms with E-state index < -0.39 is 18.0 Å². The Morgan fingerprint density at radius 1 is 0.893 bits per heavy atom. The summed E-state index contributed by atoms with van der Waals surface area (Å²) in [4.78, 5) is 25.6. The molecule has 3 aromatic carbocycles. The van der Waals surface area contributed by atoms with E-state index in [0.29, 0.717) is 22.6 Å². The Morgan fingerprint density at radius 2 is 1.61 bits per heavy atom. The number of carbonyl (C=O) groups is 2. The van der Waals surface area contributed by atoms with Crippen LogP contribution < -0.4 is 10.1 Å². The molecule has 0 saturated carbocycles. The Labute approximate surface area is 163 Å². The van der Waals surface area contributed by atoms with Crippen molar-refractivity contribution in [2.24, 2.45) is 0 Å². The van der Waals surface area contributed by atoms with Crippen molar-refractivity contribution in [1.29, 1.82) is 0 Å². The number of nitrogens with one attached hydrogen (secondary N) is 1. The van der Waals surface area contributed by atoms with Crippen LogP contribution >= 0.6 is 0 Å². The Bertz CT molecular complexity index is 969. The summed E-state index contributed by atoms with van der Waals surface area (Å²) in [5.74, 6) is -0.375. The van der Waals surface area contributed by atoms with Crippen LogP contribution in [0.2, 0.25) is 0 Å². The second-order valence-electron chi connectivity index (χ2n) is 6.23. The molecule has 0 heterocycles. The maximum Gasteiger partial charge on any atom is 0.339 e. The van der Waals surface area contributed by atoms with Gasteiger partial charge in [0, 0.05) is 17.3 Å². The number of amides is 1. The summed E-state index contributed by atoms with van der Waals surface area (Å²) in [6.07, 6.45) is -1.08. The minimum atomic E-state index is -1.08. The number of hydrogen-bond acceptors (Lipinski definition) is 4. The van der Waals surface area contributed by atoms with Gasteiger partial charge in [-0.25, -0.2) is 4.79 Å². The molecule has 0 unspecified atom stereocenters. The van der Waals surface area contributed by atoms with Gasteiger partial charge in [0.15, 0.2) is 0 Å². The van der Waals surface area contributed by atoms with Crippen LogP contribution in [0.4, 0.5) is 5.69 Å². The summed E-state index contributed by atoms with van der Waals surface area (Å²) < 4.78 is 10.8. The van der Waals surface area contributed by atoms with Crippen LogP contribution in [0.25, 0.3) is 0 Å². The summed E-state index contributed by atoms with van der Waals surface area (Å²) in [5.41, 5.74) is 2.35. The standard InChI is InChI=1S/C23H21NO4/c1-16-9-6-7-14-20(16)23(26)28-21(17-10-4-3-5-11-17)22(25)24-18-12-8-13-19(15-18)27-2/h3-15,21H,1-2H3,(H,24,25)/t21-/m0/s1. The van der Waals surface area contributed by atoms with Crippen LogP contribution in [0.5, 0.6) is 5.75 Å². The van der Waals surface area contributed by atoms with Crippen LogP contribution in [-0.4, -0.2) is 19.0 Å². The lowest BCUT2D eigenvalue weighted by molar-refractivity contribution is -0.125. The van der Waals surface area contributed by atoms with E-state index in [0.717, 1.165) is 5.56 Å². The van der Waals surface area contributed by atoms with Gasteiger partial charge in [0.25, 0.3) is 5.91 Å². The number of ether oxygens (including phenoxy) is 2. The van der Waals surface area contributed by atoms with E-state index in [2.05, 4.69) is 5.32 Å². The highest BCUT2D eigenvalue weighted by molar-refractivity contribution is 5.98. The number of anilines is 1. The Morgan fingerprint density at radius 3 is 2.32 bits per heavy atom. The Balaban J connectivity index is 1.86. The number of carbonyl (C=O) groups excluding carboxylic acids is 2. The average molecular weight is 375 g/mol. The first-order valence-electron chi connectivity index (χ1n) is 8.85. The number of esters is 1. The van der Waals surface area contributed by atoms with E-state index in [1.165, 1.54) is 0 Å². The molecule has 0 bridgehead atoms. The third-order valence-corrected chi connectivity index (χ3v) is 4.27. The normalized spacial score (nSPS) is 11.4. The van der Waals surface area contributed by atoms with Gasteiger partial charge in [-0.1, -0.05) is 54.6 Å². The molecular formula is C23H21NO4. The minimum Gasteiger partial charge on any atom is -0.497 e. The topological polar surface area (TPSA) is 64.6 Å². The molecule has 0 radical (unpaired) electrons. The first-order valence-corrected chi connectivity index (χ1v) is 8.85. The van der Waals surface area contributed by atoms with Gasteiger partial charge in [0.1, 0.15) is 5.75 Å². The molecular weight excluding hydrogens is 354 g/mol. The Kier molecular flexibility index (Phi) is 6.07. The first-order chi connectivity index (χ1) is 13.6. The van der Waals surface area contributed by atoms with Gasteiger partial charge < -0.3 is 14.8 Å². The van der Waals surface area contributed by atoms with E-state index in [9.17, 15) is 9.59 Å². The highest BCUT2D eigenvalue weighted by Gasteiger charge is 2.26. The molecule has 3 aromatic rings. The Hall–Kier alpha value is -3.60. The molecule has 0 fully saturated rings. The van der Waals surface area contributed by atoms with Crippen molar-refractivity contribution in [2.45, 2.75) is 13.0 Å². The van der Waals surface area contributed by atoms with Crippen molar-refractivity contribution in [3.8, 4) is 5.75 Å². The van der Waals surface area contributed by atoms with E-state index in [1.807, 2.05) is 25.1 Å². The van der Waals surface area contributed by atoms with Gasteiger partial charge in [0.05, 0.1) is 12.7 Å². The maximum atomic E-state index is 12.9. The highest BCUT2D eigenvalue weighted by atomic mass is 16.5. The third-order valence-electron chi connectivity index (χ3n) is 4.27. The SMILES string of the molecule is COc1cccc(NC(=O)[C@@H](OC(=O)c2ccccc2C)c2ccccc2)c1. The van der Waals surface area contributed by atoms with Crippen molar-refractivity contribution in [3.63, 3.8) is 0 Å². The van der Waals surface area contributed by atoms with E-state index >= 15 is 0 Å². The second-order valence-corrected chi connectivity index (χ2v) is 6.23. The van der Waals surface area contributed by atoms with Crippen molar-refractivity contribution >= 4 is 17.6 Å². The molecule has 0 spiro atoms. The predicted molar refractivity (Wildman–Crippen MR) is 107 cm³/mol. The fourth-order valence-corrected chi connectivity index (χ4v) is 2.78. The monoisotopic (exact) mass is 375 g/mol. The molecule has 3 rings (SSSR count). The van der Waals surface area contributed by atoms with Crippen LogP contribution in [0.1, 0.15) is 27.6 Å².